The van der Waals surface area contributed by atoms with Gasteiger partial charge in [0, 0.05) is 6.42 Å². The van der Waals surface area contributed by atoms with Crippen molar-refractivity contribution in [3.05, 3.63) is 28.8 Å². The van der Waals surface area contributed by atoms with Gasteiger partial charge in [-0.25, -0.2) is 0 Å². The van der Waals surface area contributed by atoms with E-state index in [1.165, 1.54) is 0 Å². The molecule has 0 bridgehead atoms. The maximum atomic E-state index is 7.12. The molecule has 0 amide bonds. The van der Waals surface area contributed by atoms with Crippen molar-refractivity contribution in [3.8, 4) is 5.75 Å². The summed E-state index contributed by atoms with van der Waals surface area (Å²) >= 11 is 5.82. The van der Waals surface area contributed by atoms with Crippen LogP contribution in [0.1, 0.15) is 5.56 Å². The fourth-order valence-corrected chi connectivity index (χ4v) is 1.23. The summed E-state index contributed by atoms with van der Waals surface area (Å²) in [5.74, 6) is 0.741. The average molecular weight is 199 g/mol. The lowest BCUT2D eigenvalue weighted by Gasteiger charge is -2.05. The molecule has 0 atom stereocenters. The highest BCUT2D eigenvalue weighted by Crippen LogP contribution is 2.24. The number of rotatable bonds is 3. The fourth-order valence-electron chi connectivity index (χ4n) is 1.03. The third kappa shape index (κ3) is 2.63. The molecule has 0 radical (unpaired) electrons. The molecule has 0 heterocycles. The summed E-state index contributed by atoms with van der Waals surface area (Å²) in [6.45, 7) is 0. The van der Waals surface area contributed by atoms with Crippen LogP contribution >= 0.6 is 11.6 Å². The van der Waals surface area contributed by atoms with Crippen molar-refractivity contribution in [1.29, 1.82) is 5.41 Å². The molecule has 0 aromatic heterocycles. The molecule has 1 aromatic carbocycles. The molecule has 0 fully saturated rings. The van der Waals surface area contributed by atoms with E-state index < -0.39 is 0 Å². The maximum Gasteiger partial charge on any atom is 0.137 e. The lowest BCUT2D eigenvalue weighted by molar-refractivity contribution is 0.414. The number of ether oxygens (including phenoxy) is 1. The minimum Gasteiger partial charge on any atom is -0.495 e. The first-order chi connectivity index (χ1) is 6.13. The fraction of sp³-hybridized carbons (Fsp3) is 0.222. The van der Waals surface area contributed by atoms with Gasteiger partial charge in [0.2, 0.25) is 0 Å². The standard InChI is InChI=1S/C9H11ClN2O/c1-13-8-4-6(5-9(11)12)2-3-7(8)10/h2-4H,5H2,1H3,(H3,11,12). The molecule has 0 unspecified atom stereocenters. The molecule has 0 aliphatic carbocycles. The number of halogens is 1. The summed E-state index contributed by atoms with van der Waals surface area (Å²) in [6.07, 6.45) is 0.424. The van der Waals surface area contributed by atoms with Gasteiger partial charge in [-0.1, -0.05) is 17.7 Å². The number of hydrogen-bond donors (Lipinski definition) is 2. The number of nitrogens with one attached hydrogen (secondary N) is 1. The Morgan fingerprint density at radius 3 is 2.85 bits per heavy atom. The van der Waals surface area contributed by atoms with Crippen LogP contribution < -0.4 is 10.5 Å². The number of nitrogens with two attached hydrogens (primary N) is 1. The first-order valence-electron chi connectivity index (χ1n) is 3.79. The smallest absolute Gasteiger partial charge is 0.137 e. The molecule has 0 aliphatic rings. The van der Waals surface area contributed by atoms with Crippen LogP contribution in [0.4, 0.5) is 0 Å². The van der Waals surface area contributed by atoms with E-state index in [0.717, 1.165) is 5.56 Å². The third-order valence-corrected chi connectivity index (χ3v) is 1.92. The molecule has 0 spiro atoms. The van der Waals surface area contributed by atoms with Crippen LogP contribution in [-0.2, 0) is 6.42 Å². The molecule has 3 N–H and O–H groups in total. The van der Waals surface area contributed by atoms with E-state index in [1.54, 1.807) is 19.2 Å². The SMILES string of the molecule is COc1cc(CC(=N)N)ccc1Cl. The van der Waals surface area contributed by atoms with Crippen LogP contribution in [0.3, 0.4) is 0 Å². The molecular formula is C9H11ClN2O. The van der Waals surface area contributed by atoms with Crippen LogP contribution in [0.2, 0.25) is 5.02 Å². The van der Waals surface area contributed by atoms with Gasteiger partial charge < -0.3 is 10.5 Å². The number of benzene rings is 1. The molecule has 4 heteroatoms. The van der Waals surface area contributed by atoms with Gasteiger partial charge in [-0.2, -0.15) is 0 Å². The van der Waals surface area contributed by atoms with Crippen molar-refractivity contribution in [2.75, 3.05) is 7.11 Å². The lowest BCUT2D eigenvalue weighted by atomic mass is 10.1. The Kier molecular flexibility index (Phi) is 3.14. The Balaban J connectivity index is 2.92. The maximum absolute atomic E-state index is 7.12. The molecule has 0 saturated carbocycles. The normalized spacial score (nSPS) is 9.69. The predicted octanol–water partition coefficient (Wildman–Crippen LogP) is 1.83. The third-order valence-electron chi connectivity index (χ3n) is 1.61. The predicted molar refractivity (Wildman–Crippen MR) is 53.6 cm³/mol. The highest BCUT2D eigenvalue weighted by Gasteiger charge is 2.02. The number of hydrogen-bond acceptors (Lipinski definition) is 2. The van der Waals surface area contributed by atoms with Crippen molar-refractivity contribution in [3.63, 3.8) is 0 Å². The summed E-state index contributed by atoms with van der Waals surface area (Å²) in [4.78, 5) is 0. The monoisotopic (exact) mass is 198 g/mol. The molecule has 1 aromatic rings. The van der Waals surface area contributed by atoms with Gasteiger partial charge in [0.05, 0.1) is 18.0 Å². The van der Waals surface area contributed by atoms with Gasteiger partial charge in [0.25, 0.3) is 0 Å². The molecule has 70 valence electrons. The summed E-state index contributed by atoms with van der Waals surface area (Å²) < 4.78 is 5.02. The van der Waals surface area contributed by atoms with Crippen molar-refractivity contribution in [2.24, 2.45) is 5.73 Å². The van der Waals surface area contributed by atoms with Gasteiger partial charge in [0.1, 0.15) is 5.75 Å². The average Bonchev–Trinajstić information content (AvgIpc) is 2.07. The second kappa shape index (κ2) is 4.14. The van der Waals surface area contributed by atoms with Crippen LogP contribution in [0.25, 0.3) is 0 Å². The highest BCUT2D eigenvalue weighted by molar-refractivity contribution is 6.32. The van der Waals surface area contributed by atoms with Crippen molar-refractivity contribution < 1.29 is 4.74 Å². The molecule has 13 heavy (non-hydrogen) atoms. The van der Waals surface area contributed by atoms with Crippen LogP contribution in [0, 0.1) is 5.41 Å². The second-order valence-corrected chi connectivity index (χ2v) is 3.08. The zero-order chi connectivity index (χ0) is 9.84. The largest absolute Gasteiger partial charge is 0.495 e. The topological polar surface area (TPSA) is 59.1 Å². The van der Waals surface area contributed by atoms with E-state index in [2.05, 4.69) is 0 Å². The lowest BCUT2D eigenvalue weighted by Crippen LogP contribution is -2.12. The Hall–Kier alpha value is -1.22. The summed E-state index contributed by atoms with van der Waals surface area (Å²) in [7, 11) is 1.55. The van der Waals surface area contributed by atoms with Crippen molar-refractivity contribution in [2.45, 2.75) is 6.42 Å². The first kappa shape index (κ1) is 9.86. The minimum absolute atomic E-state index is 0.129. The molecule has 0 saturated heterocycles. The van der Waals surface area contributed by atoms with Crippen LogP contribution in [-0.4, -0.2) is 12.9 Å². The van der Waals surface area contributed by atoms with Gasteiger partial charge in [0.15, 0.2) is 0 Å². The number of amidine groups is 1. The summed E-state index contributed by atoms with van der Waals surface area (Å²) in [5.41, 5.74) is 6.19. The number of methoxy groups -OCH3 is 1. The van der Waals surface area contributed by atoms with E-state index in [1.807, 2.05) is 6.07 Å². The van der Waals surface area contributed by atoms with Crippen LogP contribution in [0.15, 0.2) is 18.2 Å². The van der Waals surface area contributed by atoms with Gasteiger partial charge >= 0.3 is 0 Å². The van der Waals surface area contributed by atoms with E-state index >= 15 is 0 Å². The Morgan fingerprint density at radius 1 is 1.62 bits per heavy atom. The Morgan fingerprint density at radius 2 is 2.31 bits per heavy atom. The highest BCUT2D eigenvalue weighted by atomic mass is 35.5. The zero-order valence-corrected chi connectivity index (χ0v) is 8.06. The van der Waals surface area contributed by atoms with Gasteiger partial charge in [-0.05, 0) is 17.7 Å². The second-order valence-electron chi connectivity index (χ2n) is 2.67. The zero-order valence-electron chi connectivity index (χ0n) is 7.30. The summed E-state index contributed by atoms with van der Waals surface area (Å²) in [5, 5.41) is 7.68. The Labute approximate surface area is 82.0 Å². The minimum atomic E-state index is 0.129. The van der Waals surface area contributed by atoms with E-state index in [0.29, 0.717) is 17.2 Å². The summed E-state index contributed by atoms with van der Waals surface area (Å²) in [6, 6.07) is 5.34. The van der Waals surface area contributed by atoms with E-state index in [4.69, 9.17) is 27.5 Å². The molecule has 3 nitrogen and oxygen atoms in total. The van der Waals surface area contributed by atoms with Crippen molar-refractivity contribution >= 4 is 17.4 Å². The molecule has 0 aliphatic heterocycles. The first-order valence-corrected chi connectivity index (χ1v) is 4.16. The van der Waals surface area contributed by atoms with E-state index in [-0.39, 0.29) is 5.84 Å². The Bertz CT molecular complexity index is 325. The molecule has 1 rings (SSSR count). The molecular weight excluding hydrogens is 188 g/mol. The van der Waals surface area contributed by atoms with Crippen LogP contribution in [0.5, 0.6) is 5.75 Å². The van der Waals surface area contributed by atoms with Gasteiger partial charge in [-0.15, -0.1) is 0 Å². The quantitative estimate of drug-likeness (QED) is 0.575. The van der Waals surface area contributed by atoms with E-state index in [9.17, 15) is 0 Å². The van der Waals surface area contributed by atoms with Gasteiger partial charge in [-0.3, -0.25) is 5.41 Å². The van der Waals surface area contributed by atoms with Crippen molar-refractivity contribution in [1.82, 2.24) is 0 Å².